The number of hydrogen-bond donors (Lipinski definition) is 0. The van der Waals surface area contributed by atoms with Crippen LogP contribution in [0.1, 0.15) is 30.7 Å². The van der Waals surface area contributed by atoms with Gasteiger partial charge in [-0.2, -0.15) is 0 Å². The molecule has 32 heavy (non-hydrogen) atoms. The van der Waals surface area contributed by atoms with E-state index < -0.39 is 5.92 Å². The highest BCUT2D eigenvalue weighted by Crippen LogP contribution is 2.40. The normalized spacial score (nSPS) is 15.4. The zero-order valence-electron chi connectivity index (χ0n) is 17.7. The van der Waals surface area contributed by atoms with Gasteiger partial charge in [-0.05, 0) is 54.4 Å². The minimum Gasteiger partial charge on any atom is -0.312 e. The van der Waals surface area contributed by atoms with Crippen molar-refractivity contribution < 1.29 is 4.79 Å². The predicted molar refractivity (Wildman–Crippen MR) is 131 cm³/mol. The summed E-state index contributed by atoms with van der Waals surface area (Å²) in [5.41, 5.74) is 3.18. The lowest BCUT2D eigenvalue weighted by Gasteiger charge is -2.18. The molecule has 0 saturated carbocycles. The number of fused-ring (bicyclic) bond motifs is 2. The van der Waals surface area contributed by atoms with E-state index in [1.54, 1.807) is 10.6 Å². The molecule has 1 aromatic heterocycles. The first-order chi connectivity index (χ1) is 15.6. The molecule has 2 heterocycles. The fourth-order valence-corrected chi connectivity index (χ4v) is 4.86. The van der Waals surface area contributed by atoms with Crippen molar-refractivity contribution in [1.82, 2.24) is 9.55 Å². The summed E-state index contributed by atoms with van der Waals surface area (Å²) < 4.78 is 2.58. The van der Waals surface area contributed by atoms with Crippen LogP contribution in [0.4, 0.5) is 5.69 Å². The molecule has 1 amide bonds. The highest BCUT2D eigenvalue weighted by atomic mass is 79.9. The molecule has 3 aromatic carbocycles. The van der Waals surface area contributed by atoms with Gasteiger partial charge in [0, 0.05) is 23.1 Å². The Hall–Kier alpha value is -3.25. The van der Waals surface area contributed by atoms with Crippen molar-refractivity contribution in [1.29, 1.82) is 0 Å². The molecular formula is C26H22BrN3O2. The molecule has 0 radical (unpaired) electrons. The van der Waals surface area contributed by atoms with Crippen LogP contribution in [-0.4, -0.2) is 22.0 Å². The van der Waals surface area contributed by atoms with Crippen molar-refractivity contribution in [3.05, 3.63) is 99.0 Å². The highest BCUT2D eigenvalue weighted by Gasteiger charge is 2.38. The molecule has 0 fully saturated rings. The number of hydrogen-bond acceptors (Lipinski definition) is 3. The van der Waals surface area contributed by atoms with Gasteiger partial charge in [0.25, 0.3) is 5.56 Å². The lowest BCUT2D eigenvalue weighted by Crippen LogP contribution is -2.31. The van der Waals surface area contributed by atoms with Gasteiger partial charge in [-0.25, -0.2) is 4.98 Å². The van der Waals surface area contributed by atoms with E-state index >= 15 is 0 Å². The Morgan fingerprint density at radius 2 is 1.72 bits per heavy atom. The zero-order chi connectivity index (χ0) is 22.2. The third-order valence-electron chi connectivity index (χ3n) is 5.91. The van der Waals surface area contributed by atoms with Crippen LogP contribution in [0.3, 0.4) is 0 Å². The molecular weight excluding hydrogens is 466 g/mol. The fraction of sp³-hybridized carbons (Fsp3) is 0.192. The van der Waals surface area contributed by atoms with Crippen LogP contribution >= 0.6 is 15.9 Å². The Morgan fingerprint density at radius 1 is 0.969 bits per heavy atom. The molecule has 0 bridgehead atoms. The summed E-state index contributed by atoms with van der Waals surface area (Å²) in [6.07, 6.45) is 1.22. The topological polar surface area (TPSA) is 55.2 Å². The standard InChI is InChI=1S/C26H22BrN3O2/c1-2-14-29-23-13-12-17(27)15-20(23)21(25(29)31)16-24-28-22-11-7-6-10-19(22)26(32)30(24)18-8-4-3-5-9-18/h3-13,15,21H,2,14,16H2,1H3. The second kappa shape index (κ2) is 8.36. The molecule has 5 rings (SSSR count). The second-order valence-corrected chi connectivity index (χ2v) is 8.89. The first-order valence-electron chi connectivity index (χ1n) is 10.8. The summed E-state index contributed by atoms with van der Waals surface area (Å²) in [6, 6.07) is 22.8. The molecule has 0 N–H and O–H groups in total. The molecule has 4 aromatic rings. The van der Waals surface area contributed by atoms with Crippen molar-refractivity contribution in [3.8, 4) is 5.69 Å². The number of amides is 1. The monoisotopic (exact) mass is 487 g/mol. The van der Waals surface area contributed by atoms with E-state index in [9.17, 15) is 9.59 Å². The first-order valence-corrected chi connectivity index (χ1v) is 11.5. The van der Waals surface area contributed by atoms with Crippen molar-refractivity contribution >= 4 is 38.4 Å². The van der Waals surface area contributed by atoms with Crippen LogP contribution in [-0.2, 0) is 11.2 Å². The number of carbonyl (C=O) groups excluding carboxylic acids is 1. The Labute approximate surface area is 194 Å². The summed E-state index contributed by atoms with van der Waals surface area (Å²) in [4.78, 5) is 33.7. The lowest BCUT2D eigenvalue weighted by molar-refractivity contribution is -0.119. The molecule has 1 aliphatic rings. The number of rotatable bonds is 5. The van der Waals surface area contributed by atoms with Gasteiger partial charge in [0.2, 0.25) is 5.91 Å². The summed E-state index contributed by atoms with van der Waals surface area (Å²) in [7, 11) is 0. The van der Waals surface area contributed by atoms with Gasteiger partial charge in [0.1, 0.15) is 5.82 Å². The Morgan fingerprint density at radius 3 is 2.50 bits per heavy atom. The summed E-state index contributed by atoms with van der Waals surface area (Å²) >= 11 is 3.55. The maximum Gasteiger partial charge on any atom is 0.265 e. The molecule has 1 aliphatic heterocycles. The van der Waals surface area contributed by atoms with E-state index in [0.717, 1.165) is 27.8 Å². The van der Waals surface area contributed by atoms with Gasteiger partial charge in [0.15, 0.2) is 0 Å². The van der Waals surface area contributed by atoms with Gasteiger partial charge in [0.05, 0.1) is 22.5 Å². The number of aromatic nitrogens is 2. The lowest BCUT2D eigenvalue weighted by atomic mass is 9.96. The summed E-state index contributed by atoms with van der Waals surface area (Å²) in [5, 5.41) is 0.564. The van der Waals surface area contributed by atoms with E-state index in [1.807, 2.05) is 71.6 Å². The Bertz CT molecular complexity index is 1380. The molecule has 0 saturated heterocycles. The van der Waals surface area contributed by atoms with Crippen molar-refractivity contribution in [2.75, 3.05) is 11.4 Å². The maximum atomic E-state index is 13.5. The third kappa shape index (κ3) is 3.45. The number of benzene rings is 3. The van der Waals surface area contributed by atoms with Crippen LogP contribution in [0, 0.1) is 0 Å². The zero-order valence-corrected chi connectivity index (χ0v) is 19.2. The van der Waals surface area contributed by atoms with Crippen LogP contribution in [0.2, 0.25) is 0 Å². The average molecular weight is 488 g/mol. The van der Waals surface area contributed by atoms with E-state index in [0.29, 0.717) is 29.7 Å². The Balaban J connectivity index is 1.69. The van der Waals surface area contributed by atoms with Gasteiger partial charge >= 0.3 is 0 Å². The molecule has 1 unspecified atom stereocenters. The molecule has 6 heteroatoms. The summed E-state index contributed by atoms with van der Waals surface area (Å²) in [6.45, 7) is 2.73. The van der Waals surface area contributed by atoms with Crippen molar-refractivity contribution in [2.45, 2.75) is 25.7 Å². The van der Waals surface area contributed by atoms with E-state index in [-0.39, 0.29) is 11.5 Å². The third-order valence-corrected chi connectivity index (χ3v) is 6.41. The fourth-order valence-electron chi connectivity index (χ4n) is 4.48. The molecule has 1 atom stereocenters. The SMILES string of the molecule is CCCN1C(=O)C(Cc2nc3ccccc3c(=O)n2-c2ccccc2)c2cc(Br)ccc21. The predicted octanol–water partition coefficient (Wildman–Crippen LogP) is 5.23. The van der Waals surface area contributed by atoms with E-state index in [2.05, 4.69) is 22.9 Å². The van der Waals surface area contributed by atoms with E-state index in [1.165, 1.54) is 0 Å². The van der Waals surface area contributed by atoms with E-state index in [4.69, 9.17) is 4.98 Å². The molecule has 160 valence electrons. The first kappa shape index (κ1) is 20.6. The number of nitrogens with zero attached hydrogens (tertiary/aromatic N) is 3. The minimum atomic E-state index is -0.392. The van der Waals surface area contributed by atoms with Gasteiger partial charge in [-0.1, -0.05) is 53.2 Å². The van der Waals surface area contributed by atoms with Crippen molar-refractivity contribution in [2.24, 2.45) is 0 Å². The van der Waals surface area contributed by atoms with Gasteiger partial charge in [-0.15, -0.1) is 0 Å². The second-order valence-electron chi connectivity index (χ2n) is 7.97. The average Bonchev–Trinajstić information content (AvgIpc) is 3.05. The van der Waals surface area contributed by atoms with Crippen LogP contribution in [0.25, 0.3) is 16.6 Å². The number of anilines is 1. The Kier molecular flexibility index (Phi) is 5.39. The molecule has 0 spiro atoms. The van der Waals surface area contributed by atoms with Crippen LogP contribution < -0.4 is 10.5 Å². The van der Waals surface area contributed by atoms with Crippen LogP contribution in [0.15, 0.2) is 82.1 Å². The van der Waals surface area contributed by atoms with Crippen LogP contribution in [0.5, 0.6) is 0 Å². The van der Waals surface area contributed by atoms with Gasteiger partial charge < -0.3 is 4.90 Å². The quantitative estimate of drug-likeness (QED) is 0.387. The number of para-hydroxylation sites is 2. The van der Waals surface area contributed by atoms with Gasteiger partial charge in [-0.3, -0.25) is 14.2 Å². The number of halogens is 1. The highest BCUT2D eigenvalue weighted by molar-refractivity contribution is 9.10. The minimum absolute atomic E-state index is 0.0574. The van der Waals surface area contributed by atoms with Crippen molar-refractivity contribution in [3.63, 3.8) is 0 Å². The summed E-state index contributed by atoms with van der Waals surface area (Å²) in [5.74, 6) is 0.251. The number of carbonyl (C=O) groups is 1. The molecule has 5 nitrogen and oxygen atoms in total. The maximum absolute atomic E-state index is 13.5. The smallest absolute Gasteiger partial charge is 0.265 e. The molecule has 0 aliphatic carbocycles. The largest absolute Gasteiger partial charge is 0.312 e.